The van der Waals surface area contributed by atoms with Crippen LogP contribution in [0.3, 0.4) is 0 Å². The van der Waals surface area contributed by atoms with Gasteiger partial charge in [0, 0.05) is 30.6 Å². The van der Waals surface area contributed by atoms with Crippen molar-refractivity contribution in [3.05, 3.63) is 71.4 Å². The molecule has 0 amide bonds. The normalized spacial score (nSPS) is 12.5. The van der Waals surface area contributed by atoms with Crippen LogP contribution in [0.25, 0.3) is 10.9 Å². The van der Waals surface area contributed by atoms with Gasteiger partial charge in [-0.3, -0.25) is 0 Å². The van der Waals surface area contributed by atoms with E-state index in [0.717, 1.165) is 16.5 Å². The van der Waals surface area contributed by atoms with Crippen molar-refractivity contribution < 1.29 is 14.6 Å². The summed E-state index contributed by atoms with van der Waals surface area (Å²) < 4.78 is 7.37. The second kappa shape index (κ2) is 5.66. The Morgan fingerprint density at radius 2 is 1.73 bits per heavy atom. The van der Waals surface area contributed by atoms with Crippen LogP contribution in [0, 0.1) is 0 Å². The Labute approximate surface area is 128 Å². The molecule has 0 saturated heterocycles. The van der Waals surface area contributed by atoms with Crippen molar-refractivity contribution in [3.8, 4) is 0 Å². The van der Waals surface area contributed by atoms with Crippen molar-refractivity contribution in [2.75, 3.05) is 7.11 Å². The fraction of sp³-hybridized carbons (Fsp3) is 0.167. The van der Waals surface area contributed by atoms with Gasteiger partial charge in [-0.15, -0.1) is 0 Å². The predicted molar refractivity (Wildman–Crippen MR) is 85.2 cm³/mol. The van der Waals surface area contributed by atoms with Gasteiger partial charge >= 0.3 is 5.97 Å². The lowest BCUT2D eigenvalue weighted by molar-refractivity contribution is 0.0677. The van der Waals surface area contributed by atoms with Gasteiger partial charge in [0.2, 0.25) is 0 Å². The molecule has 4 heteroatoms. The number of carboxylic acid groups (broad SMARTS) is 1. The predicted octanol–water partition coefficient (Wildman–Crippen LogP) is 3.61. The van der Waals surface area contributed by atoms with Gasteiger partial charge in [0.05, 0.1) is 0 Å². The number of fused-ring (bicyclic) bond motifs is 1. The van der Waals surface area contributed by atoms with E-state index < -0.39 is 12.1 Å². The highest BCUT2D eigenvalue weighted by molar-refractivity contribution is 5.98. The number of carbonyl (C=O) groups is 1. The fourth-order valence-corrected chi connectivity index (χ4v) is 3.00. The lowest BCUT2D eigenvalue weighted by atomic mass is 9.98. The smallest absolute Gasteiger partial charge is 0.352 e. The SMILES string of the molecule is COC(c1ccccc1)c1c(C(=O)O)n(C)c2ccccc12. The lowest BCUT2D eigenvalue weighted by Gasteiger charge is -2.17. The Kier molecular flexibility index (Phi) is 3.69. The third kappa shape index (κ3) is 2.18. The van der Waals surface area contributed by atoms with Crippen molar-refractivity contribution in [1.82, 2.24) is 4.57 Å². The van der Waals surface area contributed by atoms with Crippen LogP contribution in [0.4, 0.5) is 0 Å². The highest BCUT2D eigenvalue weighted by Gasteiger charge is 2.27. The number of benzene rings is 2. The molecule has 3 aromatic rings. The van der Waals surface area contributed by atoms with Crippen LogP contribution < -0.4 is 0 Å². The number of ether oxygens (including phenoxy) is 1. The Morgan fingerprint density at radius 3 is 2.36 bits per heavy atom. The molecule has 1 N–H and O–H groups in total. The molecule has 1 heterocycles. The average molecular weight is 295 g/mol. The average Bonchev–Trinajstić information content (AvgIpc) is 2.83. The Bertz CT molecular complexity index is 821. The molecule has 0 aliphatic carbocycles. The summed E-state index contributed by atoms with van der Waals surface area (Å²) in [4.78, 5) is 11.8. The molecule has 0 aliphatic rings. The number of aromatic nitrogens is 1. The van der Waals surface area contributed by atoms with Crippen molar-refractivity contribution in [3.63, 3.8) is 0 Å². The van der Waals surface area contributed by atoms with Crippen LogP contribution in [0.5, 0.6) is 0 Å². The lowest BCUT2D eigenvalue weighted by Crippen LogP contribution is -2.12. The molecule has 0 spiro atoms. The molecule has 2 aromatic carbocycles. The van der Waals surface area contributed by atoms with E-state index in [4.69, 9.17) is 4.74 Å². The first kappa shape index (κ1) is 14.4. The van der Waals surface area contributed by atoms with Gasteiger partial charge in [0.15, 0.2) is 0 Å². The van der Waals surface area contributed by atoms with Gasteiger partial charge in [0.1, 0.15) is 11.8 Å². The van der Waals surface area contributed by atoms with Crippen LogP contribution in [0.15, 0.2) is 54.6 Å². The van der Waals surface area contributed by atoms with Crippen molar-refractivity contribution >= 4 is 16.9 Å². The number of carboxylic acids is 1. The first-order valence-electron chi connectivity index (χ1n) is 7.03. The molecular formula is C18H17NO3. The molecular weight excluding hydrogens is 278 g/mol. The molecule has 22 heavy (non-hydrogen) atoms. The third-order valence-corrected chi connectivity index (χ3v) is 3.95. The van der Waals surface area contributed by atoms with Crippen LogP contribution >= 0.6 is 0 Å². The molecule has 112 valence electrons. The van der Waals surface area contributed by atoms with Gasteiger partial charge in [-0.25, -0.2) is 4.79 Å². The van der Waals surface area contributed by atoms with Crippen LogP contribution in [-0.2, 0) is 11.8 Å². The number of hydrogen-bond donors (Lipinski definition) is 1. The first-order valence-corrected chi connectivity index (χ1v) is 7.03. The maximum absolute atomic E-state index is 11.8. The topological polar surface area (TPSA) is 51.5 Å². The highest BCUT2D eigenvalue weighted by Crippen LogP contribution is 2.35. The standard InChI is InChI=1S/C18H17NO3/c1-19-14-11-7-6-10-13(14)15(16(19)18(20)21)17(22-2)12-8-4-3-5-9-12/h3-11,17H,1-2H3,(H,20,21). The van der Waals surface area contributed by atoms with E-state index in [-0.39, 0.29) is 5.69 Å². The minimum Gasteiger partial charge on any atom is -0.477 e. The Balaban J connectivity index is 2.33. The van der Waals surface area contributed by atoms with Crippen LogP contribution in [-0.4, -0.2) is 22.8 Å². The van der Waals surface area contributed by atoms with Crippen LogP contribution in [0.1, 0.15) is 27.7 Å². The minimum atomic E-state index is -0.952. The molecule has 0 fully saturated rings. The largest absolute Gasteiger partial charge is 0.477 e. The van der Waals surface area contributed by atoms with Crippen molar-refractivity contribution in [2.24, 2.45) is 7.05 Å². The molecule has 1 atom stereocenters. The molecule has 0 aliphatic heterocycles. The number of hydrogen-bond acceptors (Lipinski definition) is 2. The number of para-hydroxylation sites is 1. The van der Waals surface area contributed by atoms with Crippen LogP contribution in [0.2, 0.25) is 0 Å². The maximum atomic E-state index is 11.8. The highest BCUT2D eigenvalue weighted by atomic mass is 16.5. The van der Waals surface area contributed by atoms with E-state index in [9.17, 15) is 9.90 Å². The summed E-state index contributed by atoms with van der Waals surface area (Å²) in [6.07, 6.45) is -0.418. The zero-order valence-electron chi connectivity index (χ0n) is 12.5. The summed E-state index contributed by atoms with van der Waals surface area (Å²) in [5, 5.41) is 10.6. The fourth-order valence-electron chi connectivity index (χ4n) is 3.00. The van der Waals surface area contributed by atoms with Gasteiger partial charge < -0.3 is 14.4 Å². The monoisotopic (exact) mass is 295 g/mol. The van der Waals surface area contributed by atoms with E-state index in [0.29, 0.717) is 5.56 Å². The van der Waals surface area contributed by atoms with Crippen molar-refractivity contribution in [2.45, 2.75) is 6.10 Å². The third-order valence-electron chi connectivity index (χ3n) is 3.95. The molecule has 3 rings (SSSR count). The summed E-state index contributed by atoms with van der Waals surface area (Å²) in [6, 6.07) is 17.3. The van der Waals surface area contributed by atoms with Gasteiger partial charge in [-0.05, 0) is 11.6 Å². The molecule has 0 bridgehead atoms. The van der Waals surface area contributed by atoms with Gasteiger partial charge in [-0.2, -0.15) is 0 Å². The quantitative estimate of drug-likeness (QED) is 0.800. The number of aryl methyl sites for hydroxylation is 1. The second-order valence-electron chi connectivity index (χ2n) is 5.17. The van der Waals surface area contributed by atoms with E-state index >= 15 is 0 Å². The van der Waals surface area contributed by atoms with E-state index in [1.807, 2.05) is 54.6 Å². The summed E-state index contributed by atoms with van der Waals surface area (Å²) in [5.41, 5.74) is 2.77. The first-order chi connectivity index (χ1) is 10.6. The zero-order valence-corrected chi connectivity index (χ0v) is 12.5. The number of methoxy groups -OCH3 is 1. The molecule has 0 saturated carbocycles. The summed E-state index contributed by atoms with van der Waals surface area (Å²) >= 11 is 0. The minimum absolute atomic E-state index is 0.261. The number of nitrogens with zero attached hydrogens (tertiary/aromatic N) is 1. The van der Waals surface area contributed by atoms with Gasteiger partial charge in [0.25, 0.3) is 0 Å². The van der Waals surface area contributed by atoms with Crippen molar-refractivity contribution in [1.29, 1.82) is 0 Å². The summed E-state index contributed by atoms with van der Waals surface area (Å²) in [7, 11) is 3.37. The maximum Gasteiger partial charge on any atom is 0.352 e. The molecule has 1 unspecified atom stereocenters. The van der Waals surface area contributed by atoms with E-state index in [1.54, 1.807) is 18.7 Å². The van der Waals surface area contributed by atoms with E-state index in [2.05, 4.69) is 0 Å². The molecule has 4 nitrogen and oxygen atoms in total. The Hall–Kier alpha value is -2.59. The molecule has 1 aromatic heterocycles. The number of rotatable bonds is 4. The molecule has 0 radical (unpaired) electrons. The van der Waals surface area contributed by atoms with E-state index in [1.165, 1.54) is 0 Å². The van der Waals surface area contributed by atoms with Gasteiger partial charge in [-0.1, -0.05) is 48.5 Å². The Morgan fingerprint density at radius 1 is 1.09 bits per heavy atom. The zero-order chi connectivity index (χ0) is 15.7. The summed E-state index contributed by atoms with van der Waals surface area (Å²) in [5.74, 6) is -0.952. The number of aromatic carboxylic acids is 1. The summed E-state index contributed by atoms with van der Waals surface area (Å²) in [6.45, 7) is 0. The second-order valence-corrected chi connectivity index (χ2v) is 5.17.